The molecule has 0 saturated heterocycles. The number of hydrogen-bond acceptors (Lipinski definition) is 5. The fourth-order valence-electron chi connectivity index (χ4n) is 3.34. The minimum Gasteiger partial charge on any atom is -0.351 e. The molecule has 1 N–H and O–H groups in total. The Morgan fingerprint density at radius 3 is 2.92 bits per heavy atom. The van der Waals surface area contributed by atoms with E-state index in [-0.39, 0.29) is 5.91 Å². The molecule has 0 fully saturated rings. The quantitative estimate of drug-likeness (QED) is 0.819. The van der Waals surface area contributed by atoms with Crippen LogP contribution in [0.3, 0.4) is 0 Å². The van der Waals surface area contributed by atoms with Crippen LogP contribution in [0.1, 0.15) is 65.4 Å². The first-order chi connectivity index (χ1) is 11.8. The Hall–Kier alpha value is -1.69. The summed E-state index contributed by atoms with van der Waals surface area (Å²) in [6.45, 7) is 9.36. The first kappa shape index (κ1) is 18.1. The van der Waals surface area contributed by atoms with Crippen molar-refractivity contribution in [1.29, 1.82) is 0 Å². The van der Waals surface area contributed by atoms with E-state index in [1.54, 1.807) is 18.3 Å². The Morgan fingerprint density at radius 1 is 1.44 bits per heavy atom. The van der Waals surface area contributed by atoms with Crippen molar-refractivity contribution in [1.82, 2.24) is 15.5 Å². The van der Waals surface area contributed by atoms with Crippen LogP contribution in [0.15, 0.2) is 10.6 Å². The van der Waals surface area contributed by atoms with Crippen LogP contribution >= 0.6 is 11.3 Å². The molecule has 2 aromatic heterocycles. The molecule has 2 heterocycles. The van der Waals surface area contributed by atoms with Gasteiger partial charge in [-0.05, 0) is 55.6 Å². The monoisotopic (exact) mass is 361 g/mol. The number of aromatic nitrogens is 2. The van der Waals surface area contributed by atoms with Crippen molar-refractivity contribution in [2.24, 2.45) is 11.3 Å². The third-order valence-electron chi connectivity index (χ3n) is 4.95. The lowest BCUT2D eigenvalue weighted by Gasteiger charge is -2.33. The van der Waals surface area contributed by atoms with E-state index in [1.807, 2.05) is 0 Å². The number of nitrogens with one attached hydrogen (secondary N) is 1. The Morgan fingerprint density at radius 2 is 2.24 bits per heavy atom. The molecule has 0 aromatic carbocycles. The SMILES string of the molecule is Cc1noc(CCCNC(=O)c2cc3c(s2)CCC(C(C)(C)C)C3)n1. The summed E-state index contributed by atoms with van der Waals surface area (Å²) in [4.78, 5) is 18.8. The number of carbonyl (C=O) groups is 1. The normalized spacial score (nSPS) is 17.4. The van der Waals surface area contributed by atoms with Crippen LogP contribution in [0.25, 0.3) is 0 Å². The largest absolute Gasteiger partial charge is 0.351 e. The third kappa shape index (κ3) is 4.48. The number of amides is 1. The smallest absolute Gasteiger partial charge is 0.261 e. The van der Waals surface area contributed by atoms with Crippen molar-refractivity contribution in [3.8, 4) is 0 Å². The lowest BCUT2D eigenvalue weighted by Crippen LogP contribution is -2.26. The van der Waals surface area contributed by atoms with Crippen LogP contribution in [0.4, 0.5) is 0 Å². The van der Waals surface area contributed by atoms with Gasteiger partial charge in [-0.15, -0.1) is 11.3 Å². The average molecular weight is 362 g/mol. The van der Waals surface area contributed by atoms with Gasteiger partial charge in [-0.25, -0.2) is 0 Å². The summed E-state index contributed by atoms with van der Waals surface area (Å²) < 4.78 is 5.08. The van der Waals surface area contributed by atoms with Crippen LogP contribution < -0.4 is 5.32 Å². The van der Waals surface area contributed by atoms with Gasteiger partial charge in [0.15, 0.2) is 5.82 Å². The highest BCUT2D eigenvalue weighted by Crippen LogP contribution is 2.40. The Kier molecular flexibility index (Phi) is 5.27. The van der Waals surface area contributed by atoms with Crippen molar-refractivity contribution in [3.63, 3.8) is 0 Å². The van der Waals surface area contributed by atoms with Gasteiger partial charge in [-0.2, -0.15) is 4.98 Å². The van der Waals surface area contributed by atoms with Crippen LogP contribution in [0, 0.1) is 18.3 Å². The molecule has 5 nitrogen and oxygen atoms in total. The second-order valence-corrected chi connectivity index (χ2v) is 9.10. The predicted octanol–water partition coefficient (Wildman–Crippen LogP) is 3.95. The zero-order valence-electron chi connectivity index (χ0n) is 15.5. The van der Waals surface area contributed by atoms with Crippen LogP contribution in [0.5, 0.6) is 0 Å². The van der Waals surface area contributed by atoms with Crippen LogP contribution in [-0.4, -0.2) is 22.6 Å². The number of fused-ring (bicyclic) bond motifs is 1. The molecule has 0 spiro atoms. The molecule has 1 aliphatic carbocycles. The molecule has 1 aliphatic rings. The average Bonchev–Trinajstić information content (AvgIpc) is 3.15. The maximum Gasteiger partial charge on any atom is 0.261 e. The van der Waals surface area contributed by atoms with Gasteiger partial charge in [-0.3, -0.25) is 4.79 Å². The highest BCUT2D eigenvalue weighted by molar-refractivity contribution is 7.14. The van der Waals surface area contributed by atoms with E-state index < -0.39 is 0 Å². The zero-order chi connectivity index (χ0) is 18.0. The standard InChI is InChI=1S/C19H27N3O2S/c1-12-21-17(24-22-12)6-5-9-20-18(23)16-11-13-10-14(19(2,3)4)7-8-15(13)25-16/h11,14H,5-10H2,1-4H3,(H,20,23). The van der Waals surface area contributed by atoms with E-state index in [9.17, 15) is 4.79 Å². The summed E-state index contributed by atoms with van der Waals surface area (Å²) in [6.07, 6.45) is 4.91. The lowest BCUT2D eigenvalue weighted by atomic mass is 9.72. The minimum absolute atomic E-state index is 0.0356. The summed E-state index contributed by atoms with van der Waals surface area (Å²) >= 11 is 1.66. The van der Waals surface area contributed by atoms with E-state index in [2.05, 4.69) is 42.3 Å². The summed E-state index contributed by atoms with van der Waals surface area (Å²) in [5.41, 5.74) is 1.71. The maximum absolute atomic E-state index is 12.4. The minimum atomic E-state index is 0.0356. The molecule has 0 radical (unpaired) electrons. The maximum atomic E-state index is 12.4. The molecular formula is C19H27N3O2S. The van der Waals surface area contributed by atoms with Crippen molar-refractivity contribution < 1.29 is 9.32 Å². The lowest BCUT2D eigenvalue weighted by molar-refractivity contribution is 0.0957. The fourth-order valence-corrected chi connectivity index (χ4v) is 4.47. The number of hydrogen-bond donors (Lipinski definition) is 1. The van der Waals surface area contributed by atoms with Crippen molar-refractivity contribution >= 4 is 17.2 Å². The van der Waals surface area contributed by atoms with E-state index in [4.69, 9.17) is 4.52 Å². The molecule has 1 atom stereocenters. The van der Waals surface area contributed by atoms with E-state index in [0.29, 0.717) is 36.0 Å². The molecule has 6 heteroatoms. The number of thiophene rings is 1. The molecule has 0 saturated carbocycles. The summed E-state index contributed by atoms with van der Waals surface area (Å²) in [7, 11) is 0. The van der Waals surface area contributed by atoms with Gasteiger partial charge >= 0.3 is 0 Å². The molecule has 1 unspecified atom stereocenters. The number of rotatable bonds is 5. The molecule has 136 valence electrons. The highest BCUT2D eigenvalue weighted by Gasteiger charge is 2.30. The molecule has 0 bridgehead atoms. The summed E-state index contributed by atoms with van der Waals surface area (Å²) in [6, 6.07) is 2.11. The third-order valence-corrected chi connectivity index (χ3v) is 6.19. The fraction of sp³-hybridized carbons (Fsp3) is 0.632. The molecule has 2 aromatic rings. The Labute approximate surface area is 153 Å². The Bertz CT molecular complexity index is 742. The van der Waals surface area contributed by atoms with Gasteiger partial charge in [-0.1, -0.05) is 25.9 Å². The molecule has 1 amide bonds. The summed E-state index contributed by atoms with van der Waals surface area (Å²) in [5, 5.41) is 6.77. The summed E-state index contributed by atoms with van der Waals surface area (Å²) in [5.74, 6) is 2.01. The molecular weight excluding hydrogens is 334 g/mol. The molecule has 0 aliphatic heterocycles. The number of aryl methyl sites for hydroxylation is 3. The van der Waals surface area contributed by atoms with Gasteiger partial charge in [0.25, 0.3) is 5.91 Å². The first-order valence-electron chi connectivity index (χ1n) is 9.02. The predicted molar refractivity (Wildman–Crippen MR) is 99.0 cm³/mol. The van der Waals surface area contributed by atoms with E-state index in [0.717, 1.165) is 24.1 Å². The zero-order valence-corrected chi connectivity index (χ0v) is 16.3. The van der Waals surface area contributed by atoms with Gasteiger partial charge < -0.3 is 9.84 Å². The van der Waals surface area contributed by atoms with Gasteiger partial charge in [0.05, 0.1) is 4.88 Å². The van der Waals surface area contributed by atoms with Gasteiger partial charge in [0, 0.05) is 17.8 Å². The van der Waals surface area contributed by atoms with Gasteiger partial charge in [0.2, 0.25) is 5.89 Å². The van der Waals surface area contributed by atoms with Crippen molar-refractivity contribution in [2.75, 3.05) is 6.54 Å². The van der Waals surface area contributed by atoms with E-state index >= 15 is 0 Å². The molecule has 25 heavy (non-hydrogen) atoms. The molecule has 3 rings (SSSR count). The van der Waals surface area contributed by atoms with Crippen LogP contribution in [0.2, 0.25) is 0 Å². The number of carbonyl (C=O) groups excluding carboxylic acids is 1. The van der Waals surface area contributed by atoms with Gasteiger partial charge in [0.1, 0.15) is 0 Å². The first-order valence-corrected chi connectivity index (χ1v) is 9.83. The van der Waals surface area contributed by atoms with Crippen molar-refractivity contribution in [3.05, 3.63) is 33.1 Å². The van der Waals surface area contributed by atoms with Crippen LogP contribution in [-0.2, 0) is 19.3 Å². The highest BCUT2D eigenvalue weighted by atomic mass is 32.1. The van der Waals surface area contributed by atoms with Crippen molar-refractivity contribution in [2.45, 2.75) is 59.8 Å². The second-order valence-electron chi connectivity index (χ2n) is 7.96. The number of nitrogens with zero attached hydrogens (tertiary/aromatic N) is 2. The topological polar surface area (TPSA) is 68.0 Å². The Balaban J connectivity index is 1.51. The van der Waals surface area contributed by atoms with E-state index in [1.165, 1.54) is 16.9 Å². The second kappa shape index (κ2) is 7.28.